The molecule has 1 amide bonds. The molecule has 1 saturated carbocycles. The number of rotatable bonds is 3. The fourth-order valence-corrected chi connectivity index (χ4v) is 5.22. The third kappa shape index (κ3) is 2.47. The number of nitrogens with zero attached hydrogens (tertiary/aromatic N) is 3. The molecule has 3 N–H and O–H groups in total. The molecule has 6 nitrogen and oxygen atoms in total. The summed E-state index contributed by atoms with van der Waals surface area (Å²) in [5.41, 5.74) is 7.95. The van der Waals surface area contributed by atoms with Crippen LogP contribution >= 0.6 is 0 Å². The number of nitrogens with two attached hydrogens (primary N) is 1. The third-order valence-electron chi connectivity index (χ3n) is 7.04. The molecule has 0 radical (unpaired) electrons. The van der Waals surface area contributed by atoms with Gasteiger partial charge in [0.05, 0.1) is 24.1 Å². The van der Waals surface area contributed by atoms with Crippen molar-refractivity contribution in [1.82, 2.24) is 14.7 Å². The standard InChI is InChI=1S/C21H26N4O2/c22-17-15-4-1-2-5-16(15)21(18(17)26)8-12-24(13-9-21)19(27)20(6-7-20)14-25-11-3-10-23-25/h1-5,10-11,17-18,26H,6-9,12-14,22H2/t17-,18+/m0/s1. The molecule has 2 aliphatic carbocycles. The van der Waals surface area contributed by atoms with E-state index >= 15 is 0 Å². The first-order valence-corrected chi connectivity index (χ1v) is 9.86. The molecule has 2 aromatic rings. The van der Waals surface area contributed by atoms with Gasteiger partial charge in [0.25, 0.3) is 0 Å². The third-order valence-corrected chi connectivity index (χ3v) is 7.04. The van der Waals surface area contributed by atoms with Crippen LogP contribution in [0.2, 0.25) is 0 Å². The number of likely N-dealkylation sites (tertiary alicyclic amines) is 1. The van der Waals surface area contributed by atoms with Crippen LogP contribution in [0.4, 0.5) is 0 Å². The van der Waals surface area contributed by atoms with Crippen molar-refractivity contribution in [2.24, 2.45) is 11.1 Å². The van der Waals surface area contributed by atoms with Gasteiger partial charge >= 0.3 is 0 Å². The number of fused-ring (bicyclic) bond motifs is 2. The summed E-state index contributed by atoms with van der Waals surface area (Å²) < 4.78 is 1.87. The topological polar surface area (TPSA) is 84.4 Å². The van der Waals surface area contributed by atoms with E-state index in [0.29, 0.717) is 19.6 Å². The van der Waals surface area contributed by atoms with E-state index in [2.05, 4.69) is 11.2 Å². The maximum absolute atomic E-state index is 13.2. The second-order valence-corrected chi connectivity index (χ2v) is 8.49. The van der Waals surface area contributed by atoms with Crippen LogP contribution in [0, 0.1) is 5.41 Å². The first-order chi connectivity index (χ1) is 13.1. The zero-order valence-electron chi connectivity index (χ0n) is 15.4. The number of aliphatic hydroxyl groups excluding tert-OH is 1. The molecular weight excluding hydrogens is 340 g/mol. The second kappa shape index (κ2) is 5.91. The van der Waals surface area contributed by atoms with Crippen molar-refractivity contribution >= 4 is 5.91 Å². The molecule has 3 aliphatic rings. The Balaban J connectivity index is 1.33. The highest BCUT2D eigenvalue weighted by Gasteiger charge is 2.55. The zero-order chi connectivity index (χ0) is 18.6. The van der Waals surface area contributed by atoms with Gasteiger partial charge in [-0.05, 0) is 42.9 Å². The molecule has 1 spiro atoms. The van der Waals surface area contributed by atoms with Crippen LogP contribution in [0.1, 0.15) is 42.9 Å². The largest absolute Gasteiger partial charge is 0.390 e. The zero-order valence-corrected chi connectivity index (χ0v) is 15.4. The molecule has 1 aromatic heterocycles. The first kappa shape index (κ1) is 17.0. The number of aliphatic hydroxyl groups is 1. The van der Waals surface area contributed by atoms with Crippen LogP contribution in [0.15, 0.2) is 42.7 Å². The molecule has 1 aromatic carbocycles. The number of hydrogen-bond acceptors (Lipinski definition) is 4. The Bertz CT molecular complexity index is 851. The predicted molar refractivity (Wildman–Crippen MR) is 101 cm³/mol. The molecular formula is C21H26N4O2. The van der Waals surface area contributed by atoms with Crippen LogP contribution in [0.5, 0.6) is 0 Å². The number of piperidine rings is 1. The number of carbonyl (C=O) groups excluding carboxylic acids is 1. The number of benzene rings is 1. The van der Waals surface area contributed by atoms with Crippen LogP contribution in [-0.2, 0) is 16.8 Å². The van der Waals surface area contributed by atoms with Gasteiger partial charge in [-0.2, -0.15) is 5.10 Å². The number of amides is 1. The molecule has 2 atom stereocenters. The number of aromatic nitrogens is 2. The van der Waals surface area contributed by atoms with E-state index in [9.17, 15) is 9.90 Å². The SMILES string of the molecule is N[C@H]1c2ccccc2C2(CCN(C(=O)C3(Cn4cccn4)CC3)CC2)[C@@H]1O. The van der Waals surface area contributed by atoms with Crippen molar-refractivity contribution in [3.63, 3.8) is 0 Å². The van der Waals surface area contributed by atoms with E-state index in [1.165, 1.54) is 5.56 Å². The maximum Gasteiger partial charge on any atom is 0.230 e. The lowest BCUT2D eigenvalue weighted by Crippen LogP contribution is -2.52. The Hall–Kier alpha value is -2.18. The van der Waals surface area contributed by atoms with Crippen molar-refractivity contribution in [2.45, 2.75) is 49.8 Å². The Labute approximate surface area is 159 Å². The second-order valence-electron chi connectivity index (χ2n) is 8.49. The van der Waals surface area contributed by atoms with E-state index in [4.69, 9.17) is 5.73 Å². The minimum absolute atomic E-state index is 0.248. The summed E-state index contributed by atoms with van der Waals surface area (Å²) in [6, 6.07) is 9.69. The maximum atomic E-state index is 13.2. The highest BCUT2D eigenvalue weighted by Crippen LogP contribution is 2.52. The van der Waals surface area contributed by atoms with Gasteiger partial charge in [-0.15, -0.1) is 0 Å². The van der Waals surface area contributed by atoms with Crippen LogP contribution in [0.25, 0.3) is 0 Å². The molecule has 1 aliphatic heterocycles. The lowest BCUT2D eigenvalue weighted by atomic mass is 9.72. The monoisotopic (exact) mass is 366 g/mol. The molecule has 142 valence electrons. The number of hydrogen-bond donors (Lipinski definition) is 2. The van der Waals surface area contributed by atoms with Gasteiger partial charge in [0, 0.05) is 30.9 Å². The molecule has 2 fully saturated rings. The Kier molecular flexibility index (Phi) is 3.71. The summed E-state index contributed by atoms with van der Waals surface area (Å²) in [6.45, 7) is 2.02. The molecule has 0 unspecified atom stereocenters. The Morgan fingerprint density at radius 2 is 1.93 bits per heavy atom. The summed E-state index contributed by atoms with van der Waals surface area (Å²) in [5, 5.41) is 15.2. The van der Waals surface area contributed by atoms with E-state index < -0.39 is 6.10 Å². The van der Waals surface area contributed by atoms with Crippen molar-refractivity contribution in [1.29, 1.82) is 0 Å². The molecule has 27 heavy (non-hydrogen) atoms. The molecule has 6 heteroatoms. The lowest BCUT2D eigenvalue weighted by Gasteiger charge is -2.43. The van der Waals surface area contributed by atoms with E-state index in [0.717, 1.165) is 31.2 Å². The van der Waals surface area contributed by atoms with E-state index in [1.807, 2.05) is 40.0 Å². The summed E-state index contributed by atoms with van der Waals surface area (Å²) in [6.07, 6.45) is 6.50. The van der Waals surface area contributed by atoms with Crippen LogP contribution in [-0.4, -0.2) is 44.9 Å². The molecule has 5 rings (SSSR count). The van der Waals surface area contributed by atoms with E-state index in [-0.39, 0.29) is 22.8 Å². The van der Waals surface area contributed by atoms with Gasteiger partial charge in [-0.25, -0.2) is 0 Å². The average Bonchev–Trinajstić information content (AvgIpc) is 3.25. The van der Waals surface area contributed by atoms with Crippen molar-refractivity contribution in [2.75, 3.05) is 13.1 Å². The molecule has 0 bridgehead atoms. The molecule has 1 saturated heterocycles. The fourth-order valence-electron chi connectivity index (χ4n) is 5.22. The lowest BCUT2D eigenvalue weighted by molar-refractivity contribution is -0.140. The van der Waals surface area contributed by atoms with Crippen LogP contribution in [0.3, 0.4) is 0 Å². The van der Waals surface area contributed by atoms with Gasteiger partial charge in [0.15, 0.2) is 0 Å². The Morgan fingerprint density at radius 1 is 1.19 bits per heavy atom. The smallest absolute Gasteiger partial charge is 0.230 e. The first-order valence-electron chi connectivity index (χ1n) is 9.86. The van der Waals surface area contributed by atoms with Gasteiger partial charge in [0.1, 0.15) is 0 Å². The van der Waals surface area contributed by atoms with Crippen molar-refractivity contribution in [3.8, 4) is 0 Å². The van der Waals surface area contributed by atoms with E-state index in [1.54, 1.807) is 6.20 Å². The fraction of sp³-hybridized carbons (Fsp3) is 0.524. The highest BCUT2D eigenvalue weighted by molar-refractivity contribution is 5.85. The quantitative estimate of drug-likeness (QED) is 0.864. The average molecular weight is 366 g/mol. The minimum Gasteiger partial charge on any atom is -0.390 e. The van der Waals surface area contributed by atoms with Gasteiger partial charge in [-0.1, -0.05) is 24.3 Å². The predicted octanol–water partition coefficient (Wildman–Crippen LogP) is 1.60. The number of carbonyl (C=O) groups is 1. The van der Waals surface area contributed by atoms with Gasteiger partial charge in [0.2, 0.25) is 5.91 Å². The molecule has 2 heterocycles. The summed E-state index contributed by atoms with van der Waals surface area (Å²) in [5.74, 6) is 0.248. The van der Waals surface area contributed by atoms with Gasteiger partial charge < -0.3 is 15.7 Å². The van der Waals surface area contributed by atoms with Gasteiger partial charge in [-0.3, -0.25) is 9.48 Å². The summed E-state index contributed by atoms with van der Waals surface area (Å²) >= 11 is 0. The Morgan fingerprint density at radius 3 is 2.59 bits per heavy atom. The summed E-state index contributed by atoms with van der Waals surface area (Å²) in [7, 11) is 0. The summed E-state index contributed by atoms with van der Waals surface area (Å²) in [4.78, 5) is 15.2. The normalized spacial score (nSPS) is 27.6. The minimum atomic E-state index is -0.578. The van der Waals surface area contributed by atoms with Crippen molar-refractivity contribution < 1.29 is 9.90 Å². The van der Waals surface area contributed by atoms with Crippen LogP contribution < -0.4 is 5.73 Å². The highest BCUT2D eigenvalue weighted by atomic mass is 16.3. The van der Waals surface area contributed by atoms with Crippen molar-refractivity contribution in [3.05, 3.63) is 53.9 Å².